The summed E-state index contributed by atoms with van der Waals surface area (Å²) in [6, 6.07) is 4.31. The van der Waals surface area contributed by atoms with E-state index in [1.807, 2.05) is 6.92 Å². The number of ether oxygens (including phenoxy) is 1. The first-order valence-corrected chi connectivity index (χ1v) is 7.24. The van der Waals surface area contributed by atoms with Crippen LogP contribution in [0.3, 0.4) is 0 Å². The van der Waals surface area contributed by atoms with Crippen LogP contribution in [-0.4, -0.2) is 37.8 Å². The molecule has 114 valence electrons. The number of hydrogen-bond donors (Lipinski definition) is 1. The highest BCUT2D eigenvalue weighted by atomic mass is 16.5. The van der Waals surface area contributed by atoms with Gasteiger partial charge in [0.2, 0.25) is 0 Å². The molecule has 1 aromatic heterocycles. The summed E-state index contributed by atoms with van der Waals surface area (Å²) in [4.78, 5) is 6.80. The Balaban J connectivity index is 2.70. The Morgan fingerprint density at radius 3 is 2.60 bits per heavy atom. The number of rotatable bonds is 7. The summed E-state index contributed by atoms with van der Waals surface area (Å²) in [7, 11) is 3.82. The van der Waals surface area contributed by atoms with Crippen LogP contribution in [0, 0.1) is 6.92 Å². The molecule has 4 heteroatoms. The van der Waals surface area contributed by atoms with Crippen LogP contribution in [0.2, 0.25) is 0 Å². The molecule has 0 aliphatic carbocycles. The Bertz CT molecular complexity index is 413. The van der Waals surface area contributed by atoms with Crippen molar-refractivity contribution in [2.45, 2.75) is 46.2 Å². The van der Waals surface area contributed by atoms with Crippen LogP contribution in [0.25, 0.3) is 0 Å². The second-order valence-corrected chi connectivity index (χ2v) is 6.35. The Morgan fingerprint density at radius 1 is 1.30 bits per heavy atom. The zero-order chi connectivity index (χ0) is 15.2. The van der Waals surface area contributed by atoms with Gasteiger partial charge in [0, 0.05) is 45.1 Å². The van der Waals surface area contributed by atoms with Gasteiger partial charge in [-0.3, -0.25) is 0 Å². The standard InChI is InChI=1S/C16H29N3O/c1-13-10-14(12-17-16(2,3)4)11-15(18-13)19(5)8-7-9-20-6/h10-11,17H,7-9,12H2,1-6H3. The fraction of sp³-hybridized carbons (Fsp3) is 0.688. The van der Waals surface area contributed by atoms with Crippen LogP contribution in [0.5, 0.6) is 0 Å². The molecule has 0 saturated carbocycles. The lowest BCUT2D eigenvalue weighted by Crippen LogP contribution is -2.35. The number of nitrogens with zero attached hydrogens (tertiary/aromatic N) is 2. The SMILES string of the molecule is COCCCN(C)c1cc(CNC(C)(C)C)cc(C)n1. The fourth-order valence-corrected chi connectivity index (χ4v) is 1.95. The van der Waals surface area contributed by atoms with Gasteiger partial charge in [-0.2, -0.15) is 0 Å². The van der Waals surface area contributed by atoms with Crippen LogP contribution in [0.15, 0.2) is 12.1 Å². The third-order valence-corrected chi connectivity index (χ3v) is 3.06. The molecule has 4 nitrogen and oxygen atoms in total. The van der Waals surface area contributed by atoms with Gasteiger partial charge in [0.15, 0.2) is 0 Å². The molecule has 0 saturated heterocycles. The molecule has 1 heterocycles. The summed E-state index contributed by atoms with van der Waals surface area (Å²) in [5, 5.41) is 3.52. The fourth-order valence-electron chi connectivity index (χ4n) is 1.95. The summed E-state index contributed by atoms with van der Waals surface area (Å²) < 4.78 is 5.09. The molecular weight excluding hydrogens is 250 g/mol. The molecule has 0 radical (unpaired) electrons. The van der Waals surface area contributed by atoms with E-state index in [0.29, 0.717) is 0 Å². The van der Waals surface area contributed by atoms with Gasteiger partial charge in [-0.05, 0) is 51.8 Å². The molecule has 0 atom stereocenters. The van der Waals surface area contributed by atoms with Gasteiger partial charge in [0.1, 0.15) is 5.82 Å². The van der Waals surface area contributed by atoms with Crippen molar-refractivity contribution in [3.05, 3.63) is 23.4 Å². The van der Waals surface area contributed by atoms with Crippen LogP contribution >= 0.6 is 0 Å². The molecule has 0 bridgehead atoms. The highest BCUT2D eigenvalue weighted by Gasteiger charge is 2.10. The van der Waals surface area contributed by atoms with Crippen molar-refractivity contribution in [3.8, 4) is 0 Å². The van der Waals surface area contributed by atoms with E-state index in [9.17, 15) is 0 Å². The molecule has 1 N–H and O–H groups in total. The van der Waals surface area contributed by atoms with E-state index >= 15 is 0 Å². The van der Waals surface area contributed by atoms with Gasteiger partial charge in [-0.15, -0.1) is 0 Å². The van der Waals surface area contributed by atoms with E-state index in [0.717, 1.165) is 37.6 Å². The van der Waals surface area contributed by atoms with Gasteiger partial charge >= 0.3 is 0 Å². The van der Waals surface area contributed by atoms with Crippen molar-refractivity contribution in [3.63, 3.8) is 0 Å². The molecule has 0 amide bonds. The third kappa shape index (κ3) is 6.35. The average Bonchev–Trinajstić information content (AvgIpc) is 2.35. The number of nitrogens with one attached hydrogen (secondary N) is 1. The zero-order valence-electron chi connectivity index (χ0n) is 13.8. The van der Waals surface area contributed by atoms with E-state index in [4.69, 9.17) is 4.74 Å². The summed E-state index contributed by atoms with van der Waals surface area (Å²) >= 11 is 0. The molecule has 1 aromatic rings. The predicted octanol–water partition coefficient (Wildman–Crippen LogP) is 2.75. The lowest BCUT2D eigenvalue weighted by atomic mass is 10.1. The number of anilines is 1. The molecule has 0 aliphatic rings. The Labute approximate surface area is 123 Å². The minimum atomic E-state index is 0.127. The van der Waals surface area contributed by atoms with Crippen molar-refractivity contribution in [1.82, 2.24) is 10.3 Å². The largest absolute Gasteiger partial charge is 0.385 e. The number of aryl methyl sites for hydroxylation is 1. The lowest BCUT2D eigenvalue weighted by Gasteiger charge is -2.22. The highest BCUT2D eigenvalue weighted by molar-refractivity contribution is 5.41. The molecule has 0 aromatic carbocycles. The quantitative estimate of drug-likeness (QED) is 0.779. The van der Waals surface area contributed by atoms with Crippen molar-refractivity contribution in [2.75, 3.05) is 32.2 Å². The molecule has 0 fully saturated rings. The lowest BCUT2D eigenvalue weighted by molar-refractivity contribution is 0.196. The average molecular weight is 279 g/mol. The summed E-state index contributed by atoms with van der Waals surface area (Å²) in [5.74, 6) is 1.03. The van der Waals surface area contributed by atoms with Crippen molar-refractivity contribution in [2.24, 2.45) is 0 Å². The zero-order valence-corrected chi connectivity index (χ0v) is 13.8. The van der Waals surface area contributed by atoms with Crippen molar-refractivity contribution in [1.29, 1.82) is 0 Å². The molecule has 0 aliphatic heterocycles. The van der Waals surface area contributed by atoms with Crippen LogP contribution in [-0.2, 0) is 11.3 Å². The second-order valence-electron chi connectivity index (χ2n) is 6.35. The van der Waals surface area contributed by atoms with E-state index < -0.39 is 0 Å². The van der Waals surface area contributed by atoms with Gasteiger partial charge < -0.3 is 15.0 Å². The number of aromatic nitrogens is 1. The van der Waals surface area contributed by atoms with E-state index in [-0.39, 0.29) is 5.54 Å². The van der Waals surface area contributed by atoms with Crippen molar-refractivity contribution >= 4 is 5.82 Å². The summed E-state index contributed by atoms with van der Waals surface area (Å²) in [5.41, 5.74) is 2.47. The van der Waals surface area contributed by atoms with E-state index in [1.54, 1.807) is 7.11 Å². The first-order valence-electron chi connectivity index (χ1n) is 7.24. The van der Waals surface area contributed by atoms with Gasteiger partial charge in [0.25, 0.3) is 0 Å². The Hall–Kier alpha value is -1.13. The summed E-state index contributed by atoms with van der Waals surface area (Å²) in [6.45, 7) is 11.2. The first kappa shape index (κ1) is 16.9. The maximum absolute atomic E-state index is 5.09. The number of methoxy groups -OCH3 is 1. The van der Waals surface area contributed by atoms with Gasteiger partial charge in [-0.25, -0.2) is 4.98 Å². The van der Waals surface area contributed by atoms with Gasteiger partial charge in [-0.1, -0.05) is 0 Å². The first-order chi connectivity index (χ1) is 9.31. The molecular formula is C16H29N3O. The molecule has 0 unspecified atom stereocenters. The van der Waals surface area contributed by atoms with Gasteiger partial charge in [0.05, 0.1) is 0 Å². The highest BCUT2D eigenvalue weighted by Crippen LogP contribution is 2.15. The predicted molar refractivity (Wildman–Crippen MR) is 85.3 cm³/mol. The normalized spacial score (nSPS) is 11.7. The number of pyridine rings is 1. The molecule has 1 rings (SSSR count). The second kappa shape index (κ2) is 7.60. The van der Waals surface area contributed by atoms with Crippen LogP contribution in [0.1, 0.15) is 38.4 Å². The smallest absolute Gasteiger partial charge is 0.128 e. The number of hydrogen-bond acceptors (Lipinski definition) is 4. The maximum atomic E-state index is 5.09. The Kier molecular flexibility index (Phi) is 6.43. The van der Waals surface area contributed by atoms with E-state index in [2.05, 4.69) is 55.2 Å². The van der Waals surface area contributed by atoms with Crippen molar-refractivity contribution < 1.29 is 4.74 Å². The maximum Gasteiger partial charge on any atom is 0.128 e. The minimum Gasteiger partial charge on any atom is -0.385 e. The minimum absolute atomic E-state index is 0.127. The Morgan fingerprint density at radius 2 is 2.00 bits per heavy atom. The van der Waals surface area contributed by atoms with Crippen LogP contribution < -0.4 is 10.2 Å². The van der Waals surface area contributed by atoms with E-state index in [1.165, 1.54) is 5.56 Å². The third-order valence-electron chi connectivity index (χ3n) is 3.06. The monoisotopic (exact) mass is 279 g/mol. The molecule has 20 heavy (non-hydrogen) atoms. The van der Waals surface area contributed by atoms with Crippen LogP contribution in [0.4, 0.5) is 5.82 Å². The topological polar surface area (TPSA) is 37.4 Å². The summed E-state index contributed by atoms with van der Waals surface area (Å²) in [6.07, 6.45) is 1.01. The molecule has 0 spiro atoms.